The minimum atomic E-state index is 0.895. The molecule has 0 spiro atoms. The fourth-order valence-electron chi connectivity index (χ4n) is 1.50. The number of aryl methyl sites for hydroxylation is 1. The summed E-state index contributed by atoms with van der Waals surface area (Å²) in [5.41, 5.74) is 2.35. The van der Waals surface area contributed by atoms with Gasteiger partial charge in [0.2, 0.25) is 0 Å². The number of anilines is 1. The number of rotatable bonds is 4. The van der Waals surface area contributed by atoms with Crippen LogP contribution in [0.25, 0.3) is 0 Å². The molecule has 0 aliphatic carbocycles. The molecule has 0 radical (unpaired) electrons. The SMILES string of the molecule is Cc1ccnn1CCNc1ccccc1. The van der Waals surface area contributed by atoms with Crippen LogP contribution in [0, 0.1) is 6.92 Å². The van der Waals surface area contributed by atoms with Crippen LogP contribution in [0.1, 0.15) is 5.69 Å². The molecular formula is C12H15N3. The summed E-state index contributed by atoms with van der Waals surface area (Å²) in [6, 6.07) is 12.2. The molecule has 0 bridgehead atoms. The number of benzene rings is 1. The Morgan fingerprint density at radius 1 is 1.20 bits per heavy atom. The Morgan fingerprint density at radius 2 is 2.00 bits per heavy atom. The van der Waals surface area contributed by atoms with Crippen LogP contribution in [0.3, 0.4) is 0 Å². The fraction of sp³-hybridized carbons (Fsp3) is 0.250. The topological polar surface area (TPSA) is 29.9 Å². The van der Waals surface area contributed by atoms with Crippen molar-refractivity contribution < 1.29 is 0 Å². The summed E-state index contributed by atoms with van der Waals surface area (Å²) in [5.74, 6) is 0. The van der Waals surface area contributed by atoms with Crippen LogP contribution >= 0.6 is 0 Å². The Labute approximate surface area is 89.7 Å². The molecular weight excluding hydrogens is 186 g/mol. The molecule has 3 nitrogen and oxygen atoms in total. The predicted octanol–water partition coefficient (Wildman–Crippen LogP) is 2.30. The van der Waals surface area contributed by atoms with Gasteiger partial charge in [-0.2, -0.15) is 5.10 Å². The van der Waals surface area contributed by atoms with Crippen molar-refractivity contribution in [1.82, 2.24) is 9.78 Å². The van der Waals surface area contributed by atoms with Crippen LogP contribution in [0.15, 0.2) is 42.6 Å². The Kier molecular flexibility index (Phi) is 3.02. The summed E-state index contributed by atoms with van der Waals surface area (Å²) in [6.45, 7) is 3.86. The summed E-state index contributed by atoms with van der Waals surface area (Å²) in [4.78, 5) is 0. The predicted molar refractivity (Wildman–Crippen MR) is 61.9 cm³/mol. The third-order valence-electron chi connectivity index (χ3n) is 2.36. The van der Waals surface area contributed by atoms with E-state index in [1.165, 1.54) is 5.69 Å². The normalized spacial score (nSPS) is 10.2. The molecule has 2 rings (SSSR count). The van der Waals surface area contributed by atoms with E-state index < -0.39 is 0 Å². The van der Waals surface area contributed by atoms with E-state index in [0.29, 0.717) is 0 Å². The highest BCUT2D eigenvalue weighted by molar-refractivity contribution is 5.42. The number of nitrogens with zero attached hydrogens (tertiary/aromatic N) is 2. The van der Waals surface area contributed by atoms with Crippen LogP contribution < -0.4 is 5.32 Å². The summed E-state index contributed by atoms with van der Waals surface area (Å²) >= 11 is 0. The zero-order chi connectivity index (χ0) is 10.5. The fourth-order valence-corrected chi connectivity index (χ4v) is 1.50. The van der Waals surface area contributed by atoms with Crippen LogP contribution in [-0.2, 0) is 6.54 Å². The minimum Gasteiger partial charge on any atom is -0.383 e. The second-order valence-corrected chi connectivity index (χ2v) is 3.49. The maximum atomic E-state index is 4.22. The molecule has 3 heteroatoms. The van der Waals surface area contributed by atoms with Gasteiger partial charge in [-0.1, -0.05) is 18.2 Å². The van der Waals surface area contributed by atoms with Crippen molar-refractivity contribution >= 4 is 5.69 Å². The van der Waals surface area contributed by atoms with E-state index in [1.807, 2.05) is 35.1 Å². The largest absolute Gasteiger partial charge is 0.383 e. The summed E-state index contributed by atoms with van der Waals surface area (Å²) in [7, 11) is 0. The summed E-state index contributed by atoms with van der Waals surface area (Å²) in [5, 5.41) is 7.57. The summed E-state index contributed by atoms with van der Waals surface area (Å²) in [6.07, 6.45) is 1.83. The van der Waals surface area contributed by atoms with Gasteiger partial charge < -0.3 is 5.32 Å². The number of nitrogens with one attached hydrogen (secondary N) is 1. The summed E-state index contributed by atoms with van der Waals surface area (Å²) < 4.78 is 2.00. The Balaban J connectivity index is 1.83. The Hall–Kier alpha value is -1.77. The third-order valence-corrected chi connectivity index (χ3v) is 2.36. The molecule has 1 heterocycles. The van der Waals surface area contributed by atoms with Crippen molar-refractivity contribution in [1.29, 1.82) is 0 Å². The molecule has 0 saturated carbocycles. The first-order valence-electron chi connectivity index (χ1n) is 5.13. The number of hydrogen-bond donors (Lipinski definition) is 1. The highest BCUT2D eigenvalue weighted by Crippen LogP contribution is 2.04. The lowest BCUT2D eigenvalue weighted by Gasteiger charge is -2.07. The molecule has 0 fully saturated rings. The van der Waals surface area contributed by atoms with E-state index in [9.17, 15) is 0 Å². The van der Waals surface area contributed by atoms with Crippen molar-refractivity contribution in [3.05, 3.63) is 48.3 Å². The van der Waals surface area contributed by atoms with E-state index in [-0.39, 0.29) is 0 Å². The zero-order valence-electron chi connectivity index (χ0n) is 8.85. The molecule has 0 atom stereocenters. The standard InChI is InChI=1S/C12H15N3/c1-11-7-8-14-15(11)10-9-13-12-5-3-2-4-6-12/h2-8,13H,9-10H2,1H3. The number of aromatic nitrogens is 2. The van der Waals surface area contributed by atoms with Gasteiger partial charge in [-0.25, -0.2) is 0 Å². The van der Waals surface area contributed by atoms with Crippen molar-refractivity contribution in [2.24, 2.45) is 0 Å². The number of para-hydroxylation sites is 1. The molecule has 0 amide bonds. The van der Waals surface area contributed by atoms with Crippen molar-refractivity contribution in [3.63, 3.8) is 0 Å². The van der Waals surface area contributed by atoms with E-state index in [0.717, 1.165) is 18.8 Å². The van der Waals surface area contributed by atoms with Gasteiger partial charge in [0.05, 0.1) is 6.54 Å². The van der Waals surface area contributed by atoms with Gasteiger partial charge in [0.15, 0.2) is 0 Å². The van der Waals surface area contributed by atoms with E-state index in [1.54, 1.807) is 0 Å². The first kappa shape index (κ1) is 9.77. The molecule has 0 saturated heterocycles. The van der Waals surface area contributed by atoms with Gasteiger partial charge in [-0.3, -0.25) is 4.68 Å². The lowest BCUT2D eigenvalue weighted by Crippen LogP contribution is -2.12. The van der Waals surface area contributed by atoms with Gasteiger partial charge in [-0.15, -0.1) is 0 Å². The lowest BCUT2D eigenvalue weighted by molar-refractivity contribution is 0.620. The highest BCUT2D eigenvalue weighted by Gasteiger charge is 1.95. The van der Waals surface area contributed by atoms with Gasteiger partial charge in [-0.05, 0) is 25.1 Å². The molecule has 15 heavy (non-hydrogen) atoms. The monoisotopic (exact) mass is 201 g/mol. The highest BCUT2D eigenvalue weighted by atomic mass is 15.3. The molecule has 1 aromatic carbocycles. The smallest absolute Gasteiger partial charge is 0.0585 e. The zero-order valence-corrected chi connectivity index (χ0v) is 8.85. The molecule has 0 unspecified atom stereocenters. The van der Waals surface area contributed by atoms with E-state index in [2.05, 4.69) is 29.5 Å². The maximum Gasteiger partial charge on any atom is 0.0585 e. The Morgan fingerprint density at radius 3 is 2.67 bits per heavy atom. The molecule has 1 aromatic heterocycles. The average Bonchev–Trinajstić information content (AvgIpc) is 2.66. The van der Waals surface area contributed by atoms with E-state index in [4.69, 9.17) is 0 Å². The van der Waals surface area contributed by atoms with Crippen LogP contribution in [0.2, 0.25) is 0 Å². The van der Waals surface area contributed by atoms with Gasteiger partial charge >= 0.3 is 0 Å². The first-order chi connectivity index (χ1) is 7.36. The van der Waals surface area contributed by atoms with Crippen molar-refractivity contribution in [2.45, 2.75) is 13.5 Å². The number of hydrogen-bond acceptors (Lipinski definition) is 2. The minimum absolute atomic E-state index is 0.895. The van der Waals surface area contributed by atoms with E-state index >= 15 is 0 Å². The first-order valence-corrected chi connectivity index (χ1v) is 5.13. The second-order valence-electron chi connectivity index (χ2n) is 3.49. The quantitative estimate of drug-likeness (QED) is 0.822. The van der Waals surface area contributed by atoms with Crippen molar-refractivity contribution in [3.8, 4) is 0 Å². The van der Waals surface area contributed by atoms with Gasteiger partial charge in [0.25, 0.3) is 0 Å². The molecule has 1 N–H and O–H groups in total. The molecule has 78 valence electrons. The van der Waals surface area contributed by atoms with Gasteiger partial charge in [0, 0.05) is 24.1 Å². The van der Waals surface area contributed by atoms with Crippen molar-refractivity contribution in [2.75, 3.05) is 11.9 Å². The van der Waals surface area contributed by atoms with Crippen LogP contribution in [-0.4, -0.2) is 16.3 Å². The molecule has 0 aliphatic heterocycles. The maximum absolute atomic E-state index is 4.22. The van der Waals surface area contributed by atoms with Gasteiger partial charge in [0.1, 0.15) is 0 Å². The molecule has 0 aliphatic rings. The average molecular weight is 201 g/mol. The lowest BCUT2D eigenvalue weighted by atomic mass is 10.3. The second kappa shape index (κ2) is 4.64. The van der Waals surface area contributed by atoms with Crippen LogP contribution in [0.5, 0.6) is 0 Å². The Bertz CT molecular complexity index is 406. The molecule has 2 aromatic rings. The third kappa shape index (κ3) is 2.59. The van der Waals surface area contributed by atoms with Crippen LogP contribution in [0.4, 0.5) is 5.69 Å².